The second kappa shape index (κ2) is 14.1. The zero-order chi connectivity index (χ0) is 18.3. The molecule has 24 heavy (non-hydrogen) atoms. The van der Waals surface area contributed by atoms with Gasteiger partial charge in [-0.3, -0.25) is 0 Å². The summed E-state index contributed by atoms with van der Waals surface area (Å²) in [5, 5.41) is 0. The van der Waals surface area contributed by atoms with E-state index in [-0.39, 0.29) is 11.2 Å². The van der Waals surface area contributed by atoms with Gasteiger partial charge >= 0.3 is 0 Å². The first-order chi connectivity index (χ1) is 11.6. The normalized spacial score (nSPS) is 12.8. The molecule has 0 aliphatic carbocycles. The van der Waals surface area contributed by atoms with E-state index in [1.807, 2.05) is 0 Å². The van der Waals surface area contributed by atoms with Crippen LogP contribution in [0.5, 0.6) is 0 Å². The van der Waals surface area contributed by atoms with Crippen molar-refractivity contribution in [1.29, 1.82) is 0 Å². The van der Waals surface area contributed by atoms with Crippen molar-refractivity contribution in [2.24, 2.45) is 11.5 Å². The van der Waals surface area contributed by atoms with Gasteiger partial charge in [0.1, 0.15) is 0 Å². The Morgan fingerprint density at radius 1 is 0.583 bits per heavy atom. The van der Waals surface area contributed by atoms with Crippen molar-refractivity contribution in [2.45, 2.75) is 103 Å². The maximum Gasteiger partial charge on any atom is 0.0677 e. The molecule has 0 aliphatic rings. The Labute approximate surface area is 151 Å². The third-order valence-electron chi connectivity index (χ3n) is 5.61. The van der Waals surface area contributed by atoms with Crippen molar-refractivity contribution in [2.75, 3.05) is 26.3 Å². The maximum atomic E-state index is 6.30. The van der Waals surface area contributed by atoms with Gasteiger partial charge in [-0.1, -0.05) is 27.7 Å². The van der Waals surface area contributed by atoms with Gasteiger partial charge in [0.25, 0.3) is 0 Å². The number of hydrogen-bond acceptors (Lipinski definition) is 4. The van der Waals surface area contributed by atoms with E-state index in [0.29, 0.717) is 6.54 Å². The van der Waals surface area contributed by atoms with Gasteiger partial charge in [0.05, 0.1) is 11.2 Å². The number of nitrogens with two attached hydrogens (primary N) is 2. The van der Waals surface area contributed by atoms with Crippen molar-refractivity contribution >= 4 is 0 Å². The summed E-state index contributed by atoms with van der Waals surface area (Å²) < 4.78 is 12.5. The van der Waals surface area contributed by atoms with E-state index in [1.165, 1.54) is 0 Å². The summed E-state index contributed by atoms with van der Waals surface area (Å²) >= 11 is 0. The standard InChI is InChI=1S/C20H44N2O2/c1-5-19(6-2,24-18-12-16-22)13-9-10-17-23-20(7-3,8-4)14-11-15-21/h5-18,21-22H2,1-4H3. The van der Waals surface area contributed by atoms with Crippen LogP contribution in [-0.2, 0) is 9.47 Å². The molecule has 0 saturated heterocycles. The first-order valence-corrected chi connectivity index (χ1v) is 10.3. The van der Waals surface area contributed by atoms with Gasteiger partial charge in [0.2, 0.25) is 0 Å². The summed E-state index contributed by atoms with van der Waals surface area (Å²) in [5.74, 6) is 0. The fourth-order valence-corrected chi connectivity index (χ4v) is 3.39. The lowest BCUT2D eigenvalue weighted by atomic mass is 9.90. The van der Waals surface area contributed by atoms with Crippen LogP contribution in [0, 0.1) is 0 Å². The molecule has 146 valence electrons. The SMILES string of the molecule is CCC(CC)(CCCN)OCCCCC(CC)(CC)OCCCN. The van der Waals surface area contributed by atoms with E-state index >= 15 is 0 Å². The summed E-state index contributed by atoms with van der Waals surface area (Å²) in [4.78, 5) is 0. The lowest BCUT2D eigenvalue weighted by Gasteiger charge is -2.34. The van der Waals surface area contributed by atoms with Gasteiger partial charge in [-0.05, 0) is 77.3 Å². The van der Waals surface area contributed by atoms with Crippen LogP contribution in [0.1, 0.15) is 91.9 Å². The molecule has 0 spiro atoms. The molecule has 0 aromatic rings. The molecule has 4 heteroatoms. The fourth-order valence-electron chi connectivity index (χ4n) is 3.39. The van der Waals surface area contributed by atoms with E-state index in [0.717, 1.165) is 84.0 Å². The molecule has 0 bridgehead atoms. The molecule has 0 aromatic heterocycles. The number of unbranched alkanes of at least 4 members (excludes halogenated alkanes) is 1. The highest BCUT2D eigenvalue weighted by atomic mass is 16.5. The van der Waals surface area contributed by atoms with Crippen molar-refractivity contribution in [1.82, 2.24) is 0 Å². The van der Waals surface area contributed by atoms with Gasteiger partial charge in [0, 0.05) is 13.2 Å². The van der Waals surface area contributed by atoms with Crippen LogP contribution in [0.25, 0.3) is 0 Å². The Bertz CT molecular complexity index is 277. The minimum absolute atomic E-state index is 0.0291. The molecule has 0 saturated carbocycles. The van der Waals surface area contributed by atoms with Crippen LogP contribution >= 0.6 is 0 Å². The van der Waals surface area contributed by atoms with Crippen molar-refractivity contribution < 1.29 is 9.47 Å². The molecular formula is C20H44N2O2. The lowest BCUT2D eigenvalue weighted by molar-refractivity contribution is -0.0707. The predicted octanol–water partition coefficient (Wildman–Crippen LogP) is 4.40. The number of ether oxygens (including phenoxy) is 2. The molecular weight excluding hydrogens is 300 g/mol. The summed E-state index contributed by atoms with van der Waals surface area (Å²) in [6.45, 7) is 12.0. The Kier molecular flexibility index (Phi) is 14.0. The number of rotatable bonds is 17. The topological polar surface area (TPSA) is 70.5 Å². The highest BCUT2D eigenvalue weighted by Gasteiger charge is 2.28. The molecule has 0 rings (SSSR count). The maximum absolute atomic E-state index is 6.30. The molecule has 4 N–H and O–H groups in total. The van der Waals surface area contributed by atoms with Crippen molar-refractivity contribution in [3.63, 3.8) is 0 Å². The van der Waals surface area contributed by atoms with E-state index in [4.69, 9.17) is 20.9 Å². The third-order valence-corrected chi connectivity index (χ3v) is 5.61. The molecule has 0 unspecified atom stereocenters. The van der Waals surface area contributed by atoms with Crippen molar-refractivity contribution in [3.8, 4) is 0 Å². The van der Waals surface area contributed by atoms with E-state index in [2.05, 4.69) is 27.7 Å². The van der Waals surface area contributed by atoms with Crippen molar-refractivity contribution in [3.05, 3.63) is 0 Å². The average molecular weight is 345 g/mol. The van der Waals surface area contributed by atoms with E-state index in [1.54, 1.807) is 0 Å². The molecule has 0 fully saturated rings. The van der Waals surface area contributed by atoms with Crippen LogP contribution in [0.2, 0.25) is 0 Å². The van der Waals surface area contributed by atoms with Gasteiger partial charge in [0.15, 0.2) is 0 Å². The Hall–Kier alpha value is -0.160. The third kappa shape index (κ3) is 8.80. The summed E-state index contributed by atoms with van der Waals surface area (Å²) in [6, 6.07) is 0. The van der Waals surface area contributed by atoms with Gasteiger partial charge in [-0.25, -0.2) is 0 Å². The largest absolute Gasteiger partial charge is 0.375 e. The minimum atomic E-state index is 0.0291. The smallest absolute Gasteiger partial charge is 0.0677 e. The summed E-state index contributed by atoms with van der Waals surface area (Å²) in [5.41, 5.74) is 11.3. The molecule has 0 amide bonds. The Morgan fingerprint density at radius 2 is 1.00 bits per heavy atom. The van der Waals surface area contributed by atoms with Gasteiger partial charge in [-0.15, -0.1) is 0 Å². The minimum Gasteiger partial charge on any atom is -0.375 e. The Morgan fingerprint density at radius 3 is 1.42 bits per heavy atom. The first kappa shape index (κ1) is 23.8. The second-order valence-corrected chi connectivity index (χ2v) is 6.97. The monoisotopic (exact) mass is 344 g/mol. The predicted molar refractivity (Wildman–Crippen MR) is 104 cm³/mol. The summed E-state index contributed by atoms with van der Waals surface area (Å²) in [6.07, 6.45) is 10.7. The molecule has 4 nitrogen and oxygen atoms in total. The summed E-state index contributed by atoms with van der Waals surface area (Å²) in [7, 11) is 0. The highest BCUT2D eigenvalue weighted by Crippen LogP contribution is 2.29. The molecule has 0 aliphatic heterocycles. The van der Waals surface area contributed by atoms with Gasteiger partial charge < -0.3 is 20.9 Å². The fraction of sp³-hybridized carbons (Fsp3) is 1.00. The average Bonchev–Trinajstić information content (AvgIpc) is 2.63. The second-order valence-electron chi connectivity index (χ2n) is 6.97. The van der Waals surface area contributed by atoms with Crippen LogP contribution in [0.4, 0.5) is 0 Å². The Balaban J connectivity index is 4.22. The van der Waals surface area contributed by atoms with Crippen LogP contribution in [-0.4, -0.2) is 37.5 Å². The van der Waals surface area contributed by atoms with E-state index < -0.39 is 0 Å². The van der Waals surface area contributed by atoms with Gasteiger partial charge in [-0.2, -0.15) is 0 Å². The molecule has 0 atom stereocenters. The van der Waals surface area contributed by atoms with Crippen LogP contribution in [0.15, 0.2) is 0 Å². The van der Waals surface area contributed by atoms with Crippen LogP contribution in [0.3, 0.4) is 0 Å². The highest BCUT2D eigenvalue weighted by molar-refractivity contribution is 4.79. The van der Waals surface area contributed by atoms with Crippen LogP contribution < -0.4 is 11.5 Å². The quantitative estimate of drug-likeness (QED) is 0.384. The number of hydrogen-bond donors (Lipinski definition) is 2. The zero-order valence-corrected chi connectivity index (χ0v) is 16.9. The zero-order valence-electron chi connectivity index (χ0n) is 16.9. The molecule has 0 radical (unpaired) electrons. The first-order valence-electron chi connectivity index (χ1n) is 10.3. The lowest BCUT2D eigenvalue weighted by Crippen LogP contribution is -2.33. The molecule has 0 aromatic carbocycles. The van der Waals surface area contributed by atoms with E-state index in [9.17, 15) is 0 Å². The molecule has 0 heterocycles.